The number of carbonyl (C=O) groups is 1. The van der Waals surface area contributed by atoms with Gasteiger partial charge in [0.05, 0.1) is 5.56 Å². The highest BCUT2D eigenvalue weighted by Gasteiger charge is 2.33. The molecule has 1 aromatic rings. The van der Waals surface area contributed by atoms with E-state index in [1.807, 2.05) is 12.1 Å². The highest BCUT2D eigenvalue weighted by atomic mass is 16.5. The molecule has 1 aliphatic carbocycles. The number of para-hydroxylation sites is 1. The average molecular weight is 275 g/mol. The van der Waals surface area contributed by atoms with Crippen molar-refractivity contribution in [1.29, 1.82) is 0 Å². The summed E-state index contributed by atoms with van der Waals surface area (Å²) in [6.45, 7) is 6.64. The van der Waals surface area contributed by atoms with E-state index in [1.165, 1.54) is 6.42 Å². The first kappa shape index (κ1) is 14.9. The van der Waals surface area contributed by atoms with Gasteiger partial charge in [0.15, 0.2) is 0 Å². The van der Waals surface area contributed by atoms with Crippen molar-refractivity contribution >= 4 is 11.7 Å². The molecule has 3 nitrogen and oxygen atoms in total. The van der Waals surface area contributed by atoms with E-state index >= 15 is 0 Å². The van der Waals surface area contributed by atoms with Crippen LogP contribution in [-0.2, 0) is 4.74 Å². The zero-order valence-electron chi connectivity index (χ0n) is 12.6. The Balaban J connectivity index is 2.10. The predicted molar refractivity (Wildman–Crippen MR) is 81.4 cm³/mol. The van der Waals surface area contributed by atoms with E-state index in [2.05, 4.69) is 20.8 Å². The highest BCUT2D eigenvalue weighted by molar-refractivity contribution is 5.95. The quantitative estimate of drug-likeness (QED) is 0.672. The molecule has 3 atom stereocenters. The Bertz CT molecular complexity index is 470. The molecule has 1 aromatic carbocycles. The number of nitrogen functional groups attached to an aromatic ring is 1. The molecular formula is C17H25NO2. The molecule has 0 saturated heterocycles. The Hall–Kier alpha value is -1.51. The van der Waals surface area contributed by atoms with Crippen molar-refractivity contribution in [3.05, 3.63) is 29.8 Å². The summed E-state index contributed by atoms with van der Waals surface area (Å²) in [7, 11) is 0. The number of hydrogen-bond acceptors (Lipinski definition) is 3. The Kier molecular flexibility index (Phi) is 4.69. The molecule has 20 heavy (non-hydrogen) atoms. The first-order valence-corrected chi connectivity index (χ1v) is 7.54. The van der Waals surface area contributed by atoms with Gasteiger partial charge < -0.3 is 10.5 Å². The van der Waals surface area contributed by atoms with Crippen molar-refractivity contribution < 1.29 is 9.53 Å². The second kappa shape index (κ2) is 6.29. The van der Waals surface area contributed by atoms with Gasteiger partial charge in [-0.15, -0.1) is 0 Å². The van der Waals surface area contributed by atoms with Crippen molar-refractivity contribution in [3.63, 3.8) is 0 Å². The lowest BCUT2D eigenvalue weighted by molar-refractivity contribution is -0.0173. The van der Waals surface area contributed by atoms with Gasteiger partial charge in [-0.25, -0.2) is 4.79 Å². The number of esters is 1. The Morgan fingerprint density at radius 3 is 2.65 bits per heavy atom. The summed E-state index contributed by atoms with van der Waals surface area (Å²) >= 11 is 0. The molecular weight excluding hydrogens is 250 g/mol. The smallest absolute Gasteiger partial charge is 0.340 e. The van der Waals surface area contributed by atoms with E-state index in [1.54, 1.807) is 12.1 Å². The molecule has 0 unspecified atom stereocenters. The van der Waals surface area contributed by atoms with Crippen molar-refractivity contribution in [2.45, 2.75) is 46.1 Å². The molecule has 0 radical (unpaired) electrons. The third-order valence-electron chi connectivity index (χ3n) is 4.40. The fraction of sp³-hybridized carbons (Fsp3) is 0.588. The summed E-state index contributed by atoms with van der Waals surface area (Å²) in [6, 6.07) is 7.11. The summed E-state index contributed by atoms with van der Waals surface area (Å²) in [4.78, 5) is 12.3. The van der Waals surface area contributed by atoms with E-state index in [-0.39, 0.29) is 12.1 Å². The molecule has 2 rings (SSSR count). The molecule has 0 aliphatic heterocycles. The molecule has 0 bridgehead atoms. The van der Waals surface area contributed by atoms with Gasteiger partial charge in [-0.2, -0.15) is 0 Å². The molecule has 2 N–H and O–H groups in total. The van der Waals surface area contributed by atoms with Crippen molar-refractivity contribution in [1.82, 2.24) is 0 Å². The van der Waals surface area contributed by atoms with E-state index in [0.717, 1.165) is 12.8 Å². The summed E-state index contributed by atoms with van der Waals surface area (Å²) in [6.07, 6.45) is 3.35. The van der Waals surface area contributed by atoms with Crippen LogP contribution in [-0.4, -0.2) is 12.1 Å². The zero-order chi connectivity index (χ0) is 14.7. The first-order chi connectivity index (χ1) is 9.49. The van der Waals surface area contributed by atoms with Gasteiger partial charge in [-0.3, -0.25) is 0 Å². The first-order valence-electron chi connectivity index (χ1n) is 7.54. The number of ether oxygens (including phenoxy) is 1. The van der Waals surface area contributed by atoms with Crippen LogP contribution >= 0.6 is 0 Å². The van der Waals surface area contributed by atoms with Gasteiger partial charge in [0.25, 0.3) is 0 Å². The average Bonchev–Trinajstić information content (AvgIpc) is 2.38. The van der Waals surface area contributed by atoms with Crippen LogP contribution in [0.5, 0.6) is 0 Å². The SMILES string of the molecule is CC(C)[C@@H]1CC[C@H](C)C[C@@H]1OC(=O)c1ccccc1N. The lowest BCUT2D eigenvalue weighted by atomic mass is 9.75. The van der Waals surface area contributed by atoms with Crippen LogP contribution in [0.15, 0.2) is 24.3 Å². The normalized spacial score (nSPS) is 26.5. The van der Waals surface area contributed by atoms with Crippen LogP contribution in [0.3, 0.4) is 0 Å². The van der Waals surface area contributed by atoms with E-state index in [0.29, 0.717) is 29.0 Å². The number of hydrogen-bond donors (Lipinski definition) is 1. The third kappa shape index (κ3) is 3.33. The molecule has 110 valence electrons. The fourth-order valence-electron chi connectivity index (χ4n) is 3.13. The van der Waals surface area contributed by atoms with Gasteiger partial charge in [-0.05, 0) is 42.7 Å². The fourth-order valence-corrected chi connectivity index (χ4v) is 3.13. The number of carbonyl (C=O) groups excluding carboxylic acids is 1. The second-order valence-electron chi connectivity index (χ2n) is 6.36. The van der Waals surface area contributed by atoms with E-state index in [9.17, 15) is 4.79 Å². The number of nitrogens with two attached hydrogens (primary N) is 1. The van der Waals surface area contributed by atoms with Crippen LogP contribution < -0.4 is 5.73 Å². The minimum Gasteiger partial charge on any atom is -0.458 e. The maximum Gasteiger partial charge on any atom is 0.340 e. The topological polar surface area (TPSA) is 52.3 Å². The minimum absolute atomic E-state index is 0.0193. The van der Waals surface area contributed by atoms with E-state index in [4.69, 9.17) is 10.5 Å². The van der Waals surface area contributed by atoms with Gasteiger partial charge in [0.1, 0.15) is 6.10 Å². The van der Waals surface area contributed by atoms with Crippen LogP contribution in [0.2, 0.25) is 0 Å². The van der Waals surface area contributed by atoms with Gasteiger partial charge >= 0.3 is 5.97 Å². The number of rotatable bonds is 3. The lowest BCUT2D eigenvalue weighted by Crippen LogP contribution is -2.36. The third-order valence-corrected chi connectivity index (χ3v) is 4.40. The Morgan fingerprint density at radius 1 is 1.30 bits per heavy atom. The van der Waals surface area contributed by atoms with Gasteiger partial charge in [0, 0.05) is 5.69 Å². The summed E-state index contributed by atoms with van der Waals surface area (Å²) in [5.41, 5.74) is 6.82. The maximum atomic E-state index is 12.3. The summed E-state index contributed by atoms with van der Waals surface area (Å²) in [5, 5.41) is 0. The molecule has 0 heterocycles. The molecule has 3 heteroatoms. The van der Waals surface area contributed by atoms with Crippen molar-refractivity contribution in [2.75, 3.05) is 5.73 Å². The van der Waals surface area contributed by atoms with Crippen LogP contribution in [0.4, 0.5) is 5.69 Å². The second-order valence-corrected chi connectivity index (χ2v) is 6.36. The molecule has 0 spiro atoms. The molecule has 0 amide bonds. The lowest BCUT2D eigenvalue weighted by Gasteiger charge is -2.36. The zero-order valence-corrected chi connectivity index (χ0v) is 12.6. The summed E-state index contributed by atoms with van der Waals surface area (Å²) in [5.74, 6) is 1.33. The van der Waals surface area contributed by atoms with Crippen molar-refractivity contribution in [3.8, 4) is 0 Å². The van der Waals surface area contributed by atoms with Gasteiger partial charge in [0.2, 0.25) is 0 Å². The Morgan fingerprint density at radius 2 is 2.00 bits per heavy atom. The largest absolute Gasteiger partial charge is 0.458 e. The Labute approximate surface area is 121 Å². The predicted octanol–water partition coefficient (Wildman–Crippen LogP) is 3.89. The minimum atomic E-state index is -0.284. The molecule has 1 saturated carbocycles. The monoisotopic (exact) mass is 275 g/mol. The molecule has 1 fully saturated rings. The summed E-state index contributed by atoms with van der Waals surface area (Å²) < 4.78 is 5.78. The maximum absolute atomic E-state index is 12.3. The van der Waals surface area contributed by atoms with Crippen LogP contribution in [0.1, 0.15) is 50.4 Å². The van der Waals surface area contributed by atoms with Gasteiger partial charge in [-0.1, -0.05) is 39.3 Å². The standard InChI is InChI=1S/C17H25NO2/c1-11(2)13-9-8-12(3)10-16(13)20-17(19)14-6-4-5-7-15(14)18/h4-7,11-13,16H,8-10,18H2,1-3H3/t12-,13-,16-/m0/s1. The van der Waals surface area contributed by atoms with E-state index < -0.39 is 0 Å². The number of benzene rings is 1. The van der Waals surface area contributed by atoms with Crippen LogP contribution in [0.25, 0.3) is 0 Å². The highest BCUT2D eigenvalue weighted by Crippen LogP contribution is 2.35. The molecule has 0 aromatic heterocycles. The number of anilines is 1. The van der Waals surface area contributed by atoms with Crippen LogP contribution in [0, 0.1) is 17.8 Å². The van der Waals surface area contributed by atoms with Crippen molar-refractivity contribution in [2.24, 2.45) is 17.8 Å². The molecule has 1 aliphatic rings.